The average Bonchev–Trinajstić information content (AvgIpc) is 2.63. The van der Waals surface area contributed by atoms with E-state index in [9.17, 15) is 14.0 Å². The van der Waals surface area contributed by atoms with Crippen molar-refractivity contribution in [3.05, 3.63) is 69.5 Å². The second-order valence-electron chi connectivity index (χ2n) is 6.06. The van der Waals surface area contributed by atoms with Crippen LogP contribution in [-0.2, 0) is 22.6 Å². The van der Waals surface area contributed by atoms with E-state index in [-0.39, 0.29) is 24.4 Å². The van der Waals surface area contributed by atoms with Gasteiger partial charge in [0.05, 0.1) is 6.42 Å². The molecule has 2 rings (SSSR count). The van der Waals surface area contributed by atoms with Gasteiger partial charge in [-0.15, -0.1) is 0 Å². The van der Waals surface area contributed by atoms with Crippen LogP contribution in [0.25, 0.3) is 0 Å². The Morgan fingerprint density at radius 1 is 1.11 bits per heavy atom. The van der Waals surface area contributed by atoms with E-state index in [2.05, 4.69) is 5.32 Å². The van der Waals surface area contributed by atoms with Crippen molar-refractivity contribution in [1.82, 2.24) is 10.2 Å². The number of carbonyl (C=O) groups excluding carboxylic acids is 2. The Morgan fingerprint density at radius 2 is 1.74 bits per heavy atom. The lowest BCUT2D eigenvalue weighted by Gasteiger charge is -2.29. The van der Waals surface area contributed by atoms with Crippen molar-refractivity contribution < 1.29 is 14.0 Å². The molecule has 0 spiro atoms. The number of benzene rings is 2. The average molecular weight is 411 g/mol. The van der Waals surface area contributed by atoms with E-state index in [4.69, 9.17) is 23.2 Å². The van der Waals surface area contributed by atoms with Gasteiger partial charge >= 0.3 is 0 Å². The zero-order valence-corrected chi connectivity index (χ0v) is 16.6. The van der Waals surface area contributed by atoms with Crippen LogP contribution in [0.2, 0.25) is 10.0 Å². The standard InChI is InChI=1S/C20H21Cl2FN2O2/c1-3-24-20(27)13(2)25(12-15-16(21)8-6-9-17(15)22)19(26)11-14-7-4-5-10-18(14)23/h4-10,13H,3,11-12H2,1-2H3,(H,24,27)/t13-/m0/s1. The smallest absolute Gasteiger partial charge is 0.242 e. The lowest BCUT2D eigenvalue weighted by molar-refractivity contribution is -0.140. The summed E-state index contributed by atoms with van der Waals surface area (Å²) in [7, 11) is 0. The highest BCUT2D eigenvalue weighted by molar-refractivity contribution is 6.36. The van der Waals surface area contributed by atoms with Gasteiger partial charge in [0.1, 0.15) is 11.9 Å². The third-order valence-corrected chi connectivity index (χ3v) is 4.92. The first kappa shape index (κ1) is 21.2. The van der Waals surface area contributed by atoms with Crippen LogP contribution in [0.1, 0.15) is 25.0 Å². The molecule has 144 valence electrons. The van der Waals surface area contributed by atoms with Crippen LogP contribution in [-0.4, -0.2) is 29.3 Å². The Balaban J connectivity index is 2.32. The van der Waals surface area contributed by atoms with E-state index in [1.807, 2.05) is 0 Å². The molecule has 0 bridgehead atoms. The van der Waals surface area contributed by atoms with Gasteiger partial charge in [0, 0.05) is 28.7 Å². The number of hydrogen-bond donors (Lipinski definition) is 1. The zero-order chi connectivity index (χ0) is 20.0. The molecule has 0 unspecified atom stereocenters. The first-order chi connectivity index (χ1) is 12.8. The lowest BCUT2D eigenvalue weighted by Crippen LogP contribution is -2.48. The topological polar surface area (TPSA) is 49.4 Å². The van der Waals surface area contributed by atoms with Gasteiger partial charge in [-0.2, -0.15) is 0 Å². The van der Waals surface area contributed by atoms with Crippen LogP contribution in [0.15, 0.2) is 42.5 Å². The number of nitrogens with zero attached hydrogens (tertiary/aromatic N) is 1. The molecule has 7 heteroatoms. The van der Waals surface area contributed by atoms with Crippen LogP contribution < -0.4 is 5.32 Å². The van der Waals surface area contributed by atoms with E-state index in [1.165, 1.54) is 11.0 Å². The van der Waals surface area contributed by atoms with Gasteiger partial charge in [0.25, 0.3) is 0 Å². The fourth-order valence-corrected chi connectivity index (χ4v) is 3.18. The van der Waals surface area contributed by atoms with E-state index in [0.29, 0.717) is 22.2 Å². The summed E-state index contributed by atoms with van der Waals surface area (Å²) in [5, 5.41) is 3.49. The minimum absolute atomic E-state index is 0.0457. The van der Waals surface area contributed by atoms with E-state index >= 15 is 0 Å². The molecule has 0 saturated carbocycles. The van der Waals surface area contributed by atoms with Gasteiger partial charge in [0.2, 0.25) is 11.8 Å². The zero-order valence-electron chi connectivity index (χ0n) is 15.1. The molecule has 2 amide bonds. The molecule has 4 nitrogen and oxygen atoms in total. The maximum atomic E-state index is 14.0. The minimum atomic E-state index is -0.767. The molecular weight excluding hydrogens is 390 g/mol. The molecule has 27 heavy (non-hydrogen) atoms. The van der Waals surface area contributed by atoms with Crippen LogP contribution in [0, 0.1) is 5.82 Å². The van der Waals surface area contributed by atoms with Crippen LogP contribution in [0.5, 0.6) is 0 Å². The molecular formula is C20H21Cl2FN2O2. The van der Waals surface area contributed by atoms with Crippen LogP contribution in [0.4, 0.5) is 4.39 Å². The molecule has 0 aliphatic carbocycles. The number of likely N-dealkylation sites (N-methyl/N-ethyl adjacent to an activating group) is 1. The quantitative estimate of drug-likeness (QED) is 0.742. The van der Waals surface area contributed by atoms with E-state index in [0.717, 1.165) is 0 Å². The van der Waals surface area contributed by atoms with Crippen LogP contribution in [0.3, 0.4) is 0 Å². The normalized spacial score (nSPS) is 11.7. The fraction of sp³-hybridized carbons (Fsp3) is 0.300. The van der Waals surface area contributed by atoms with Crippen LogP contribution >= 0.6 is 23.2 Å². The molecule has 0 aliphatic rings. The first-order valence-electron chi connectivity index (χ1n) is 8.58. The SMILES string of the molecule is CCNC(=O)[C@H](C)N(Cc1c(Cl)cccc1Cl)C(=O)Cc1ccccc1F. The Labute approximate surface area is 168 Å². The molecule has 1 atom stereocenters. The van der Waals surface area contributed by atoms with Crippen molar-refractivity contribution in [3.8, 4) is 0 Å². The third-order valence-electron chi connectivity index (χ3n) is 4.21. The number of nitrogens with one attached hydrogen (secondary N) is 1. The highest BCUT2D eigenvalue weighted by Crippen LogP contribution is 2.27. The van der Waals surface area contributed by atoms with Gasteiger partial charge in [-0.25, -0.2) is 4.39 Å². The largest absolute Gasteiger partial charge is 0.355 e. The fourth-order valence-electron chi connectivity index (χ4n) is 2.66. The molecule has 0 aromatic heterocycles. The number of amides is 2. The van der Waals surface area contributed by atoms with E-state index < -0.39 is 17.8 Å². The summed E-state index contributed by atoms with van der Waals surface area (Å²) in [5.74, 6) is -1.16. The Hall–Kier alpha value is -2.11. The number of rotatable bonds is 7. The maximum absolute atomic E-state index is 14.0. The van der Waals surface area contributed by atoms with Crippen molar-refractivity contribution in [1.29, 1.82) is 0 Å². The van der Waals surface area contributed by atoms with Crippen molar-refractivity contribution in [2.24, 2.45) is 0 Å². The third kappa shape index (κ3) is 5.44. The molecule has 2 aromatic carbocycles. The van der Waals surface area contributed by atoms with Crippen molar-refractivity contribution in [2.75, 3.05) is 6.54 Å². The maximum Gasteiger partial charge on any atom is 0.242 e. The van der Waals surface area contributed by atoms with Crippen molar-refractivity contribution in [3.63, 3.8) is 0 Å². The Bertz CT molecular complexity index is 809. The first-order valence-corrected chi connectivity index (χ1v) is 9.34. The summed E-state index contributed by atoms with van der Waals surface area (Å²) < 4.78 is 14.0. The van der Waals surface area contributed by atoms with Crippen molar-refractivity contribution >= 4 is 35.0 Å². The number of carbonyl (C=O) groups is 2. The summed E-state index contributed by atoms with van der Waals surface area (Å²) in [4.78, 5) is 26.6. The Kier molecular flexibility index (Phi) is 7.63. The van der Waals surface area contributed by atoms with Gasteiger partial charge in [0.15, 0.2) is 0 Å². The second kappa shape index (κ2) is 9.72. The van der Waals surface area contributed by atoms with E-state index in [1.54, 1.807) is 50.2 Å². The summed E-state index contributed by atoms with van der Waals surface area (Å²) in [6, 6.07) is 10.3. The predicted molar refractivity (Wildman–Crippen MR) is 105 cm³/mol. The molecule has 0 saturated heterocycles. The Morgan fingerprint density at radius 3 is 2.33 bits per heavy atom. The molecule has 0 fully saturated rings. The van der Waals surface area contributed by atoms with Gasteiger partial charge < -0.3 is 10.2 Å². The molecule has 0 radical (unpaired) electrons. The second-order valence-corrected chi connectivity index (χ2v) is 6.87. The van der Waals surface area contributed by atoms with Gasteiger partial charge in [-0.05, 0) is 37.6 Å². The summed E-state index contributed by atoms with van der Waals surface area (Å²) in [6.45, 7) is 3.89. The number of halogens is 3. The predicted octanol–water partition coefficient (Wildman–Crippen LogP) is 4.23. The van der Waals surface area contributed by atoms with Crippen molar-refractivity contribution in [2.45, 2.75) is 32.9 Å². The summed E-state index contributed by atoms with van der Waals surface area (Å²) in [5.41, 5.74) is 0.805. The summed E-state index contributed by atoms with van der Waals surface area (Å²) >= 11 is 12.5. The minimum Gasteiger partial charge on any atom is -0.355 e. The molecule has 2 aromatic rings. The lowest BCUT2D eigenvalue weighted by atomic mass is 10.1. The molecule has 1 N–H and O–H groups in total. The molecule has 0 heterocycles. The highest BCUT2D eigenvalue weighted by atomic mass is 35.5. The highest BCUT2D eigenvalue weighted by Gasteiger charge is 2.27. The molecule has 0 aliphatic heterocycles. The summed E-state index contributed by atoms with van der Waals surface area (Å²) in [6.07, 6.45) is -0.168. The number of hydrogen-bond acceptors (Lipinski definition) is 2. The monoisotopic (exact) mass is 410 g/mol. The van der Waals surface area contributed by atoms with Gasteiger partial charge in [-0.3, -0.25) is 9.59 Å². The van der Waals surface area contributed by atoms with Gasteiger partial charge in [-0.1, -0.05) is 47.5 Å².